The molecule has 6 rings (SSSR count). The van der Waals surface area contributed by atoms with Gasteiger partial charge < -0.3 is 26.2 Å². The topological polar surface area (TPSA) is 136 Å². The SMILES string of the molecule is Nc1ccc2ccc(CC[C@@]34CC[C@@H]3[C@@H](n3ccc5c(N)ncnc53)[C@H](O)[C@@H]4O)c(F)c2n1. The van der Waals surface area contributed by atoms with Crippen LogP contribution in [0.3, 0.4) is 0 Å². The van der Waals surface area contributed by atoms with Crippen LogP contribution in [-0.2, 0) is 6.42 Å². The minimum Gasteiger partial charge on any atom is -0.390 e. The van der Waals surface area contributed by atoms with Gasteiger partial charge in [0.15, 0.2) is 5.82 Å². The fourth-order valence-corrected chi connectivity index (χ4v) is 6.14. The van der Waals surface area contributed by atoms with E-state index in [2.05, 4.69) is 15.0 Å². The average Bonchev–Trinajstić information content (AvgIpc) is 3.27. The Kier molecular flexibility index (Phi) is 4.37. The quantitative estimate of drug-likeness (QED) is 0.377. The molecule has 2 aliphatic rings. The number of nitrogen functional groups attached to an aromatic ring is 2. The fourth-order valence-electron chi connectivity index (χ4n) is 6.14. The molecule has 0 radical (unpaired) electrons. The van der Waals surface area contributed by atoms with Crippen molar-refractivity contribution in [1.29, 1.82) is 0 Å². The van der Waals surface area contributed by atoms with Crippen molar-refractivity contribution >= 4 is 33.6 Å². The second kappa shape index (κ2) is 7.10. The number of nitrogens with zero attached hydrogens (tertiary/aromatic N) is 4. The molecule has 2 fully saturated rings. The van der Waals surface area contributed by atoms with E-state index in [-0.39, 0.29) is 29.1 Å². The summed E-state index contributed by atoms with van der Waals surface area (Å²) in [5.41, 5.74) is 12.7. The summed E-state index contributed by atoms with van der Waals surface area (Å²) < 4.78 is 17.1. The first kappa shape index (κ1) is 20.3. The van der Waals surface area contributed by atoms with Crippen molar-refractivity contribution in [1.82, 2.24) is 19.5 Å². The average molecular weight is 449 g/mol. The van der Waals surface area contributed by atoms with Crippen LogP contribution in [0.1, 0.15) is 30.9 Å². The largest absolute Gasteiger partial charge is 0.390 e. The molecule has 33 heavy (non-hydrogen) atoms. The van der Waals surface area contributed by atoms with Crippen LogP contribution in [0, 0.1) is 17.2 Å². The minimum atomic E-state index is -0.952. The molecule has 6 N–H and O–H groups in total. The number of fused-ring (bicyclic) bond motifs is 3. The van der Waals surface area contributed by atoms with Crippen LogP contribution in [-0.4, -0.2) is 41.9 Å². The zero-order valence-electron chi connectivity index (χ0n) is 17.9. The van der Waals surface area contributed by atoms with E-state index in [0.717, 1.165) is 18.2 Å². The molecule has 0 spiro atoms. The predicted octanol–water partition coefficient (Wildman–Crippen LogP) is 2.59. The molecule has 8 nitrogen and oxygen atoms in total. The summed E-state index contributed by atoms with van der Waals surface area (Å²) in [6, 6.07) is 8.53. The summed E-state index contributed by atoms with van der Waals surface area (Å²) >= 11 is 0. The summed E-state index contributed by atoms with van der Waals surface area (Å²) in [6.45, 7) is 0. The number of aromatic nitrogens is 4. The van der Waals surface area contributed by atoms with E-state index in [1.807, 2.05) is 22.9 Å². The second-order valence-corrected chi connectivity index (χ2v) is 9.37. The maximum atomic E-state index is 15.2. The molecule has 2 saturated carbocycles. The molecule has 0 saturated heterocycles. The van der Waals surface area contributed by atoms with Crippen LogP contribution in [0.5, 0.6) is 0 Å². The van der Waals surface area contributed by atoms with E-state index in [9.17, 15) is 10.2 Å². The molecular formula is C24H25FN6O2. The summed E-state index contributed by atoms with van der Waals surface area (Å²) in [6.07, 6.45) is 4.05. The molecule has 1 aromatic carbocycles. The van der Waals surface area contributed by atoms with Crippen molar-refractivity contribution in [2.75, 3.05) is 11.5 Å². The Bertz CT molecular complexity index is 1390. The summed E-state index contributed by atoms with van der Waals surface area (Å²) in [7, 11) is 0. The summed E-state index contributed by atoms with van der Waals surface area (Å²) in [4.78, 5) is 12.6. The van der Waals surface area contributed by atoms with Crippen molar-refractivity contribution in [2.45, 2.75) is 43.9 Å². The molecule has 3 aromatic heterocycles. The molecule has 0 amide bonds. The molecule has 0 unspecified atom stereocenters. The lowest BCUT2D eigenvalue weighted by atomic mass is 9.58. The number of aryl methyl sites for hydroxylation is 1. The standard InChI is InChI=1S/C24H25FN6O2/c25-17-12(1-2-13-3-4-16(26)30-18(13)17)5-8-24-9-6-15(24)19(20(32)21(24)33)31-10-7-14-22(27)28-11-29-23(14)31/h1-4,7,10-11,15,19-21,32-33H,5-6,8-9H2,(H2,26,30)(H2,27,28,29)/t15-,19-,20+,21+,24-/m1/s1. The van der Waals surface area contributed by atoms with Gasteiger partial charge in [0.2, 0.25) is 0 Å². The maximum absolute atomic E-state index is 15.2. The Morgan fingerprint density at radius 3 is 2.73 bits per heavy atom. The first-order valence-corrected chi connectivity index (χ1v) is 11.2. The minimum absolute atomic E-state index is 0.0478. The first-order valence-electron chi connectivity index (χ1n) is 11.2. The van der Waals surface area contributed by atoms with Crippen LogP contribution >= 0.6 is 0 Å². The third-order valence-corrected chi connectivity index (χ3v) is 7.96. The van der Waals surface area contributed by atoms with Crippen LogP contribution in [0.15, 0.2) is 42.9 Å². The molecule has 0 bridgehead atoms. The van der Waals surface area contributed by atoms with Crippen LogP contribution in [0.2, 0.25) is 0 Å². The second-order valence-electron chi connectivity index (χ2n) is 9.37. The lowest BCUT2D eigenvalue weighted by Crippen LogP contribution is -2.46. The Hall–Kier alpha value is -3.30. The van der Waals surface area contributed by atoms with Gasteiger partial charge in [-0.2, -0.15) is 0 Å². The van der Waals surface area contributed by atoms with E-state index in [1.54, 1.807) is 18.2 Å². The lowest BCUT2D eigenvalue weighted by Gasteiger charge is -2.48. The third-order valence-electron chi connectivity index (χ3n) is 7.96. The number of pyridine rings is 1. The number of benzene rings is 1. The van der Waals surface area contributed by atoms with Crippen LogP contribution in [0.4, 0.5) is 16.0 Å². The fraction of sp³-hybridized carbons (Fsp3) is 0.375. The maximum Gasteiger partial charge on any atom is 0.152 e. The number of aliphatic hydroxyl groups is 2. The van der Waals surface area contributed by atoms with Gasteiger partial charge in [0, 0.05) is 17.0 Å². The normalized spacial score (nSPS) is 28.8. The predicted molar refractivity (Wildman–Crippen MR) is 123 cm³/mol. The molecule has 5 atom stereocenters. The van der Waals surface area contributed by atoms with Gasteiger partial charge >= 0.3 is 0 Å². The number of nitrogens with two attached hydrogens (primary N) is 2. The van der Waals surface area contributed by atoms with Gasteiger partial charge in [0.1, 0.15) is 35.2 Å². The number of hydrogen-bond acceptors (Lipinski definition) is 7. The van der Waals surface area contributed by atoms with Crippen molar-refractivity contribution < 1.29 is 14.6 Å². The summed E-state index contributed by atoms with van der Waals surface area (Å²) in [5, 5.41) is 23.7. The highest BCUT2D eigenvalue weighted by Gasteiger charge is 2.64. The Balaban J connectivity index is 1.32. The van der Waals surface area contributed by atoms with Gasteiger partial charge in [-0.15, -0.1) is 0 Å². The first-order chi connectivity index (χ1) is 15.9. The van der Waals surface area contributed by atoms with Crippen LogP contribution < -0.4 is 11.5 Å². The monoisotopic (exact) mass is 448 g/mol. The smallest absolute Gasteiger partial charge is 0.152 e. The van der Waals surface area contributed by atoms with E-state index in [1.165, 1.54) is 6.33 Å². The molecule has 3 heterocycles. The number of rotatable bonds is 4. The van der Waals surface area contributed by atoms with Crippen LogP contribution in [0.25, 0.3) is 21.9 Å². The number of aliphatic hydroxyl groups excluding tert-OH is 2. The van der Waals surface area contributed by atoms with E-state index < -0.39 is 17.6 Å². The summed E-state index contributed by atoms with van der Waals surface area (Å²) in [5.74, 6) is 0.330. The van der Waals surface area contributed by atoms with Crippen molar-refractivity contribution in [3.8, 4) is 0 Å². The molecular weight excluding hydrogens is 423 g/mol. The highest BCUT2D eigenvalue weighted by molar-refractivity contribution is 5.86. The highest BCUT2D eigenvalue weighted by Crippen LogP contribution is 2.64. The van der Waals surface area contributed by atoms with Gasteiger partial charge in [0.25, 0.3) is 0 Å². The number of halogens is 1. The Morgan fingerprint density at radius 1 is 1.12 bits per heavy atom. The van der Waals surface area contributed by atoms with E-state index in [4.69, 9.17) is 11.5 Å². The van der Waals surface area contributed by atoms with Gasteiger partial charge in [-0.05, 0) is 55.4 Å². The van der Waals surface area contributed by atoms with E-state index in [0.29, 0.717) is 35.3 Å². The Labute approximate surface area is 189 Å². The molecule has 0 aliphatic heterocycles. The zero-order chi connectivity index (χ0) is 22.9. The van der Waals surface area contributed by atoms with Crippen molar-refractivity contribution in [3.63, 3.8) is 0 Å². The van der Waals surface area contributed by atoms with Crippen molar-refractivity contribution in [2.24, 2.45) is 11.3 Å². The zero-order valence-corrected chi connectivity index (χ0v) is 17.9. The van der Waals surface area contributed by atoms with Crippen molar-refractivity contribution in [3.05, 3.63) is 54.2 Å². The van der Waals surface area contributed by atoms with Gasteiger partial charge in [-0.3, -0.25) is 0 Å². The Morgan fingerprint density at radius 2 is 1.94 bits per heavy atom. The third kappa shape index (κ3) is 2.79. The van der Waals surface area contributed by atoms with Gasteiger partial charge in [0.05, 0.1) is 17.5 Å². The lowest BCUT2D eigenvalue weighted by molar-refractivity contribution is -0.0743. The highest BCUT2D eigenvalue weighted by atomic mass is 19.1. The molecule has 170 valence electrons. The number of hydrogen-bond donors (Lipinski definition) is 4. The van der Waals surface area contributed by atoms with E-state index >= 15 is 4.39 Å². The molecule has 2 aliphatic carbocycles. The number of anilines is 2. The molecule has 9 heteroatoms. The molecule has 4 aromatic rings. The van der Waals surface area contributed by atoms with Gasteiger partial charge in [-0.25, -0.2) is 19.3 Å². The van der Waals surface area contributed by atoms with Gasteiger partial charge in [-0.1, -0.05) is 12.1 Å².